The Balaban J connectivity index is 3.50. The maximum Gasteiger partial charge on any atom is 0.340 e. The van der Waals surface area contributed by atoms with Gasteiger partial charge in [0, 0.05) is 9.77 Å². The van der Waals surface area contributed by atoms with Crippen molar-refractivity contribution < 1.29 is 23.1 Å². The summed E-state index contributed by atoms with van der Waals surface area (Å²) in [5.41, 5.74) is -1.89. The van der Waals surface area contributed by atoms with E-state index in [0.29, 0.717) is 0 Å². The Hall–Kier alpha value is -0.860. The number of halogens is 4. The summed E-state index contributed by atoms with van der Waals surface area (Å²) >= 11 is 1.48. The Kier molecular flexibility index (Phi) is 3.29. The van der Waals surface area contributed by atoms with Gasteiger partial charge in [0.15, 0.2) is 0 Å². The molecule has 1 aromatic rings. The van der Waals surface area contributed by atoms with Gasteiger partial charge in [0.2, 0.25) is 5.95 Å². The molecule has 1 N–H and O–H groups in total. The quantitative estimate of drug-likeness (QED) is 0.673. The number of carbonyl (C=O) groups is 1. The van der Waals surface area contributed by atoms with E-state index in [0.717, 1.165) is 6.20 Å². The molecule has 0 saturated heterocycles. The van der Waals surface area contributed by atoms with Crippen LogP contribution in [0.1, 0.15) is 22.3 Å². The Morgan fingerprint density at radius 2 is 2.14 bits per heavy atom. The molecule has 0 aliphatic carbocycles. The third-order valence-electron chi connectivity index (χ3n) is 1.46. The Morgan fingerprint density at radius 1 is 1.57 bits per heavy atom. The number of nitrogens with zero attached hydrogens (tertiary/aromatic N) is 1. The Morgan fingerprint density at radius 3 is 2.50 bits per heavy atom. The fourth-order valence-electron chi connectivity index (χ4n) is 0.895. The molecule has 1 rings (SSSR count). The first-order valence-corrected chi connectivity index (χ1v) is 4.38. The standard InChI is InChI=1S/C7H3F3INO2/c8-5(9)3-2(11)1-12-6(10)4(3)7(13)14/h1,5H,(H,13,14). The number of hydrogen-bond donors (Lipinski definition) is 1. The number of hydrogen-bond acceptors (Lipinski definition) is 2. The zero-order valence-electron chi connectivity index (χ0n) is 6.47. The number of carboxylic acids is 1. The van der Waals surface area contributed by atoms with E-state index in [9.17, 15) is 18.0 Å². The van der Waals surface area contributed by atoms with Crippen LogP contribution in [0.3, 0.4) is 0 Å². The summed E-state index contributed by atoms with van der Waals surface area (Å²) in [6.07, 6.45) is -2.17. The van der Waals surface area contributed by atoms with Crippen molar-refractivity contribution in [2.45, 2.75) is 6.43 Å². The minimum absolute atomic E-state index is 0.0728. The van der Waals surface area contributed by atoms with Crippen molar-refractivity contribution in [3.05, 3.63) is 26.8 Å². The second-order valence-electron chi connectivity index (χ2n) is 2.29. The molecule has 0 radical (unpaired) electrons. The minimum atomic E-state index is -3.04. The molecule has 0 spiro atoms. The molecule has 0 aliphatic rings. The number of alkyl halides is 2. The van der Waals surface area contributed by atoms with Crippen molar-refractivity contribution in [3.8, 4) is 0 Å². The van der Waals surface area contributed by atoms with Crippen molar-refractivity contribution >= 4 is 28.6 Å². The molecule has 0 aliphatic heterocycles. The molecule has 76 valence electrons. The van der Waals surface area contributed by atoms with Crippen LogP contribution in [-0.4, -0.2) is 16.1 Å². The van der Waals surface area contributed by atoms with Gasteiger partial charge in [-0.25, -0.2) is 18.6 Å². The summed E-state index contributed by atoms with van der Waals surface area (Å²) in [5, 5.41) is 8.50. The second kappa shape index (κ2) is 4.11. The van der Waals surface area contributed by atoms with Crippen LogP contribution in [0.4, 0.5) is 13.2 Å². The highest BCUT2D eigenvalue weighted by atomic mass is 127. The normalized spacial score (nSPS) is 10.6. The lowest BCUT2D eigenvalue weighted by Gasteiger charge is -2.07. The van der Waals surface area contributed by atoms with Crippen molar-refractivity contribution in [3.63, 3.8) is 0 Å². The van der Waals surface area contributed by atoms with Crippen LogP contribution in [0, 0.1) is 9.52 Å². The fraction of sp³-hybridized carbons (Fsp3) is 0.143. The van der Waals surface area contributed by atoms with Gasteiger partial charge in [-0.3, -0.25) is 0 Å². The third kappa shape index (κ3) is 1.97. The van der Waals surface area contributed by atoms with Crippen LogP contribution in [-0.2, 0) is 0 Å². The molecule has 0 aromatic carbocycles. The Labute approximate surface area is 90.1 Å². The average molecular weight is 317 g/mol. The summed E-state index contributed by atoms with van der Waals surface area (Å²) in [4.78, 5) is 13.5. The van der Waals surface area contributed by atoms with Crippen LogP contribution >= 0.6 is 22.6 Å². The zero-order chi connectivity index (χ0) is 10.9. The molecular formula is C7H3F3INO2. The van der Waals surface area contributed by atoms with E-state index in [-0.39, 0.29) is 3.57 Å². The molecule has 0 atom stereocenters. The van der Waals surface area contributed by atoms with Gasteiger partial charge in [0.25, 0.3) is 6.43 Å². The SMILES string of the molecule is O=C(O)c1c(F)ncc(I)c1C(F)F. The molecule has 0 fully saturated rings. The Bertz CT molecular complexity index is 383. The van der Waals surface area contributed by atoms with Crippen molar-refractivity contribution in [2.75, 3.05) is 0 Å². The van der Waals surface area contributed by atoms with Crippen LogP contribution in [0.5, 0.6) is 0 Å². The molecule has 0 amide bonds. The molecule has 14 heavy (non-hydrogen) atoms. The van der Waals surface area contributed by atoms with Crippen LogP contribution in [0.25, 0.3) is 0 Å². The number of aromatic nitrogens is 1. The van der Waals surface area contributed by atoms with Gasteiger partial charge in [-0.15, -0.1) is 0 Å². The highest BCUT2D eigenvalue weighted by molar-refractivity contribution is 14.1. The number of pyridine rings is 1. The molecular weight excluding hydrogens is 314 g/mol. The molecule has 7 heteroatoms. The van der Waals surface area contributed by atoms with Crippen molar-refractivity contribution in [2.24, 2.45) is 0 Å². The van der Waals surface area contributed by atoms with Gasteiger partial charge in [0.1, 0.15) is 5.56 Å². The summed E-state index contributed by atoms with van der Waals surface area (Å²) in [7, 11) is 0. The molecule has 0 saturated carbocycles. The van der Waals surface area contributed by atoms with Crippen LogP contribution in [0.2, 0.25) is 0 Å². The van der Waals surface area contributed by atoms with E-state index in [2.05, 4.69) is 4.98 Å². The predicted molar refractivity (Wildman–Crippen MR) is 48.8 cm³/mol. The molecule has 1 heterocycles. The topological polar surface area (TPSA) is 50.2 Å². The summed E-state index contributed by atoms with van der Waals surface area (Å²) in [6, 6.07) is 0. The maximum absolute atomic E-state index is 12.8. The summed E-state index contributed by atoms with van der Waals surface area (Å²) in [5.74, 6) is -3.14. The predicted octanol–water partition coefficient (Wildman–Crippen LogP) is 2.46. The first kappa shape index (κ1) is 11.2. The van der Waals surface area contributed by atoms with Gasteiger partial charge in [-0.05, 0) is 22.6 Å². The summed E-state index contributed by atoms with van der Waals surface area (Å²) in [6.45, 7) is 0. The van der Waals surface area contributed by atoms with Crippen molar-refractivity contribution in [1.29, 1.82) is 0 Å². The average Bonchev–Trinajstić information content (AvgIpc) is 2.07. The van der Waals surface area contributed by atoms with Gasteiger partial charge in [-0.2, -0.15) is 4.39 Å². The van der Waals surface area contributed by atoms with Gasteiger partial charge in [0.05, 0.1) is 5.56 Å². The van der Waals surface area contributed by atoms with Crippen molar-refractivity contribution in [1.82, 2.24) is 4.98 Å². The van der Waals surface area contributed by atoms with Gasteiger partial charge < -0.3 is 5.11 Å². The van der Waals surface area contributed by atoms with E-state index in [4.69, 9.17) is 5.11 Å². The van der Waals surface area contributed by atoms with E-state index < -0.39 is 29.5 Å². The van der Waals surface area contributed by atoms with E-state index in [1.54, 1.807) is 0 Å². The lowest BCUT2D eigenvalue weighted by molar-refractivity contribution is 0.0676. The monoisotopic (exact) mass is 317 g/mol. The highest BCUT2D eigenvalue weighted by Crippen LogP contribution is 2.28. The molecule has 1 aromatic heterocycles. The lowest BCUT2D eigenvalue weighted by Crippen LogP contribution is -2.10. The van der Waals surface area contributed by atoms with Crippen LogP contribution in [0.15, 0.2) is 6.20 Å². The number of aromatic carboxylic acids is 1. The third-order valence-corrected chi connectivity index (χ3v) is 2.32. The van der Waals surface area contributed by atoms with Gasteiger partial charge in [-0.1, -0.05) is 0 Å². The fourth-order valence-corrected chi connectivity index (χ4v) is 1.54. The van der Waals surface area contributed by atoms with Gasteiger partial charge >= 0.3 is 5.97 Å². The highest BCUT2D eigenvalue weighted by Gasteiger charge is 2.25. The number of rotatable bonds is 2. The zero-order valence-corrected chi connectivity index (χ0v) is 8.63. The molecule has 3 nitrogen and oxygen atoms in total. The van der Waals surface area contributed by atoms with E-state index in [1.165, 1.54) is 22.6 Å². The smallest absolute Gasteiger partial charge is 0.340 e. The maximum atomic E-state index is 12.8. The summed E-state index contributed by atoms with van der Waals surface area (Å²) < 4.78 is 37.5. The van der Waals surface area contributed by atoms with E-state index >= 15 is 0 Å². The first-order valence-electron chi connectivity index (χ1n) is 3.30. The number of carboxylic acid groups (broad SMARTS) is 1. The largest absolute Gasteiger partial charge is 0.478 e. The second-order valence-corrected chi connectivity index (χ2v) is 3.45. The minimum Gasteiger partial charge on any atom is -0.478 e. The molecule has 0 bridgehead atoms. The van der Waals surface area contributed by atoms with E-state index in [1.807, 2.05) is 0 Å². The molecule has 0 unspecified atom stereocenters. The lowest BCUT2D eigenvalue weighted by atomic mass is 10.1. The van der Waals surface area contributed by atoms with Crippen LogP contribution < -0.4 is 0 Å². The first-order chi connectivity index (χ1) is 6.45.